The van der Waals surface area contributed by atoms with Crippen LogP contribution >= 0.6 is 11.6 Å². The highest BCUT2D eigenvalue weighted by Gasteiger charge is 2.16. The van der Waals surface area contributed by atoms with Gasteiger partial charge >= 0.3 is 0 Å². The van der Waals surface area contributed by atoms with E-state index < -0.39 is 5.91 Å². The molecule has 1 N–H and O–H groups in total. The normalized spacial score (nSPS) is 11.1. The van der Waals surface area contributed by atoms with Gasteiger partial charge in [-0.1, -0.05) is 35.9 Å². The van der Waals surface area contributed by atoms with E-state index in [1.807, 2.05) is 48.5 Å². The second-order valence-corrected chi connectivity index (χ2v) is 7.40. The molecule has 0 aliphatic heterocycles. The van der Waals surface area contributed by atoms with Gasteiger partial charge in [0.05, 0.1) is 5.69 Å². The van der Waals surface area contributed by atoms with Gasteiger partial charge in [0.2, 0.25) is 0 Å². The van der Waals surface area contributed by atoms with Crippen LogP contribution in [0.15, 0.2) is 84.8 Å². The van der Waals surface area contributed by atoms with Crippen LogP contribution in [0.1, 0.15) is 11.1 Å². The number of anilines is 1. The van der Waals surface area contributed by atoms with Crippen molar-refractivity contribution in [1.29, 1.82) is 5.26 Å². The smallest absolute Gasteiger partial charge is 0.266 e. The number of pyridine rings is 1. The van der Waals surface area contributed by atoms with Crippen LogP contribution in [-0.2, 0) is 4.79 Å². The zero-order chi connectivity index (χ0) is 22.5. The number of para-hydroxylation sites is 1. The molecule has 32 heavy (non-hydrogen) atoms. The molecule has 0 radical (unpaired) electrons. The molecule has 2 heterocycles. The van der Waals surface area contributed by atoms with Crippen molar-refractivity contribution >= 4 is 29.3 Å². The van der Waals surface area contributed by atoms with Gasteiger partial charge in [0, 0.05) is 40.4 Å². The minimum absolute atomic E-state index is 0.0536. The van der Waals surface area contributed by atoms with Gasteiger partial charge in [0.1, 0.15) is 17.3 Å². The van der Waals surface area contributed by atoms with Crippen LogP contribution in [0.2, 0.25) is 5.02 Å². The monoisotopic (exact) mass is 439 g/mol. The van der Waals surface area contributed by atoms with Crippen molar-refractivity contribution < 1.29 is 4.79 Å². The van der Waals surface area contributed by atoms with Crippen molar-refractivity contribution in [2.24, 2.45) is 0 Å². The summed E-state index contributed by atoms with van der Waals surface area (Å²) in [7, 11) is 0. The summed E-state index contributed by atoms with van der Waals surface area (Å²) in [5, 5.41) is 17.7. The lowest BCUT2D eigenvalue weighted by atomic mass is 10.1. The molecule has 4 aromatic rings. The lowest BCUT2D eigenvalue weighted by Gasteiger charge is -2.08. The Morgan fingerprint density at radius 3 is 2.66 bits per heavy atom. The minimum Gasteiger partial charge on any atom is -0.321 e. The summed E-state index contributed by atoms with van der Waals surface area (Å²) in [6.07, 6.45) is 6.68. The number of nitrogens with one attached hydrogen (secondary N) is 1. The first kappa shape index (κ1) is 21.0. The maximum atomic E-state index is 12.9. The van der Waals surface area contributed by atoms with Gasteiger partial charge < -0.3 is 5.32 Å². The second-order valence-electron chi connectivity index (χ2n) is 6.99. The molecule has 2 aromatic carbocycles. The quantitative estimate of drug-likeness (QED) is 0.331. The van der Waals surface area contributed by atoms with Crippen molar-refractivity contribution in [2.45, 2.75) is 6.92 Å². The number of halogens is 1. The Bertz CT molecular complexity index is 1340. The SMILES string of the molecule is Cc1c(Cl)cccc1NC(=O)/C(C#N)=C/c1cn(-c2ccccc2)nc1-c1cccnc1. The number of nitrogens with zero attached hydrogens (tertiary/aromatic N) is 4. The van der Waals surface area contributed by atoms with Crippen LogP contribution in [0.5, 0.6) is 0 Å². The van der Waals surface area contributed by atoms with Gasteiger partial charge in [-0.05, 0) is 55.0 Å². The number of hydrogen-bond acceptors (Lipinski definition) is 4. The summed E-state index contributed by atoms with van der Waals surface area (Å²) in [6, 6.07) is 20.5. The van der Waals surface area contributed by atoms with Crippen molar-refractivity contribution in [3.8, 4) is 23.0 Å². The van der Waals surface area contributed by atoms with Gasteiger partial charge in [-0.2, -0.15) is 10.4 Å². The van der Waals surface area contributed by atoms with Crippen molar-refractivity contribution in [2.75, 3.05) is 5.32 Å². The maximum absolute atomic E-state index is 12.9. The molecule has 0 atom stereocenters. The highest BCUT2D eigenvalue weighted by molar-refractivity contribution is 6.31. The average Bonchev–Trinajstić information content (AvgIpc) is 3.25. The fourth-order valence-electron chi connectivity index (χ4n) is 3.17. The lowest BCUT2D eigenvalue weighted by molar-refractivity contribution is -0.112. The Morgan fingerprint density at radius 1 is 1.12 bits per heavy atom. The first-order valence-corrected chi connectivity index (χ1v) is 10.2. The largest absolute Gasteiger partial charge is 0.321 e. The minimum atomic E-state index is -0.525. The van der Waals surface area contributed by atoms with Crippen molar-refractivity contribution in [3.63, 3.8) is 0 Å². The second kappa shape index (κ2) is 9.29. The molecule has 156 valence electrons. The first-order chi connectivity index (χ1) is 15.6. The predicted molar refractivity (Wildman–Crippen MR) is 125 cm³/mol. The zero-order valence-corrected chi connectivity index (χ0v) is 17.9. The highest BCUT2D eigenvalue weighted by Crippen LogP contribution is 2.26. The summed E-state index contributed by atoms with van der Waals surface area (Å²) in [5.41, 5.74) is 4.09. The molecule has 0 bridgehead atoms. The lowest BCUT2D eigenvalue weighted by Crippen LogP contribution is -2.14. The third-order valence-corrected chi connectivity index (χ3v) is 5.29. The zero-order valence-electron chi connectivity index (χ0n) is 17.2. The third-order valence-electron chi connectivity index (χ3n) is 4.88. The van der Waals surface area contributed by atoms with Crippen LogP contribution in [-0.4, -0.2) is 20.7 Å². The van der Waals surface area contributed by atoms with Gasteiger partial charge in [-0.25, -0.2) is 4.68 Å². The standard InChI is InChI=1S/C25H18ClN5O/c1-17-22(26)10-5-11-23(17)29-25(32)19(14-27)13-20-16-31(21-8-3-2-4-9-21)30-24(20)18-7-6-12-28-15-18/h2-13,15-16H,1H3,(H,29,32)/b19-13+. The molecule has 0 fully saturated rings. The van der Waals surface area contributed by atoms with Gasteiger partial charge in [-0.15, -0.1) is 0 Å². The van der Waals surface area contributed by atoms with Gasteiger partial charge in [0.15, 0.2) is 0 Å². The van der Waals surface area contributed by atoms with E-state index in [9.17, 15) is 10.1 Å². The Kier molecular flexibility index (Phi) is 6.11. The van der Waals surface area contributed by atoms with E-state index in [4.69, 9.17) is 11.6 Å². The molecule has 0 spiro atoms. The van der Waals surface area contributed by atoms with E-state index in [1.165, 1.54) is 6.08 Å². The number of rotatable bonds is 5. The number of aromatic nitrogens is 3. The Morgan fingerprint density at radius 2 is 1.94 bits per heavy atom. The van der Waals surface area contributed by atoms with Crippen molar-refractivity contribution in [3.05, 3.63) is 101 Å². The van der Waals surface area contributed by atoms with E-state index in [0.717, 1.165) is 16.8 Å². The fourth-order valence-corrected chi connectivity index (χ4v) is 3.34. The third kappa shape index (κ3) is 4.43. The summed E-state index contributed by atoms with van der Waals surface area (Å²) in [5.74, 6) is -0.525. The van der Waals surface area contributed by atoms with E-state index in [0.29, 0.717) is 22.0 Å². The number of carbonyl (C=O) groups is 1. The van der Waals surface area contributed by atoms with Crippen LogP contribution < -0.4 is 5.32 Å². The molecule has 6 nitrogen and oxygen atoms in total. The summed E-state index contributed by atoms with van der Waals surface area (Å²) >= 11 is 6.14. The number of amides is 1. The fraction of sp³-hybridized carbons (Fsp3) is 0.0400. The number of benzene rings is 2. The van der Waals surface area contributed by atoms with Crippen molar-refractivity contribution in [1.82, 2.24) is 14.8 Å². The molecule has 0 aliphatic rings. The summed E-state index contributed by atoms with van der Waals surface area (Å²) < 4.78 is 1.71. The molecular weight excluding hydrogens is 422 g/mol. The summed E-state index contributed by atoms with van der Waals surface area (Å²) in [4.78, 5) is 17.0. The number of nitriles is 1. The number of hydrogen-bond donors (Lipinski definition) is 1. The maximum Gasteiger partial charge on any atom is 0.266 e. The average molecular weight is 440 g/mol. The molecular formula is C25H18ClN5O. The molecule has 7 heteroatoms. The van der Waals surface area contributed by atoms with Crippen LogP contribution in [0.3, 0.4) is 0 Å². The molecule has 0 saturated heterocycles. The van der Waals surface area contributed by atoms with Crippen LogP contribution in [0.4, 0.5) is 5.69 Å². The molecule has 4 rings (SSSR count). The van der Waals surface area contributed by atoms with E-state index in [1.54, 1.807) is 48.4 Å². The Balaban J connectivity index is 1.75. The molecule has 0 aliphatic carbocycles. The molecule has 2 aromatic heterocycles. The Labute approximate surface area is 190 Å². The van der Waals surface area contributed by atoms with E-state index in [2.05, 4.69) is 15.4 Å². The number of carbonyl (C=O) groups excluding carboxylic acids is 1. The first-order valence-electron chi connectivity index (χ1n) is 9.80. The van der Waals surface area contributed by atoms with Gasteiger partial charge in [0.25, 0.3) is 5.91 Å². The van der Waals surface area contributed by atoms with Crippen LogP contribution in [0.25, 0.3) is 23.0 Å². The summed E-state index contributed by atoms with van der Waals surface area (Å²) in [6.45, 7) is 1.80. The molecule has 1 amide bonds. The topological polar surface area (TPSA) is 83.6 Å². The van der Waals surface area contributed by atoms with E-state index >= 15 is 0 Å². The Hall–Kier alpha value is -4.21. The van der Waals surface area contributed by atoms with E-state index in [-0.39, 0.29) is 5.57 Å². The van der Waals surface area contributed by atoms with Crippen LogP contribution in [0, 0.1) is 18.3 Å². The highest BCUT2D eigenvalue weighted by atomic mass is 35.5. The predicted octanol–water partition coefficient (Wildman–Crippen LogP) is 5.44. The molecule has 0 saturated carbocycles. The van der Waals surface area contributed by atoms with Gasteiger partial charge in [-0.3, -0.25) is 9.78 Å². The molecule has 0 unspecified atom stereocenters.